The molecule has 0 bridgehead atoms. The second-order valence-electron chi connectivity index (χ2n) is 11.5. The van der Waals surface area contributed by atoms with E-state index in [1.807, 2.05) is 65.8 Å². The van der Waals surface area contributed by atoms with Gasteiger partial charge in [0.15, 0.2) is 11.6 Å². The van der Waals surface area contributed by atoms with Crippen LogP contribution in [0.25, 0.3) is 0 Å². The minimum absolute atomic E-state index is 0.0837. The summed E-state index contributed by atoms with van der Waals surface area (Å²) >= 11 is 0. The third-order valence-corrected chi connectivity index (χ3v) is 6.83. The molecule has 39 heavy (non-hydrogen) atoms. The predicted molar refractivity (Wildman–Crippen MR) is 152 cm³/mol. The number of carbonyl (C=O) groups excluding carboxylic acids is 4. The summed E-state index contributed by atoms with van der Waals surface area (Å²) in [5.74, 6) is -1.11. The van der Waals surface area contributed by atoms with Crippen molar-refractivity contribution >= 4 is 23.4 Å². The number of phenols is 1. The van der Waals surface area contributed by atoms with Gasteiger partial charge in [0.2, 0.25) is 11.8 Å². The van der Waals surface area contributed by atoms with Crippen molar-refractivity contribution < 1.29 is 24.3 Å². The Labute approximate surface area is 231 Å². The lowest BCUT2D eigenvalue weighted by Gasteiger charge is -2.26. The van der Waals surface area contributed by atoms with Gasteiger partial charge in [-0.3, -0.25) is 19.2 Å². The molecule has 0 saturated heterocycles. The molecule has 0 aliphatic heterocycles. The van der Waals surface area contributed by atoms with Gasteiger partial charge in [0, 0.05) is 18.3 Å². The average Bonchev–Trinajstić information content (AvgIpc) is 2.84. The van der Waals surface area contributed by atoms with Gasteiger partial charge in [0.25, 0.3) is 0 Å². The SMILES string of the molecule is Cc1ccc(CC(NC(=O)CCC(=O)C(C)NC(=O)C(N)Cc2c(C)cc(O)cc2C)C(=O)C(C)(C)C)cc1. The van der Waals surface area contributed by atoms with E-state index in [0.717, 1.165) is 27.8 Å². The Morgan fingerprint density at radius 3 is 2.00 bits per heavy atom. The number of phenolic OH excluding ortho intramolecular Hbond substituents is 1. The van der Waals surface area contributed by atoms with E-state index in [2.05, 4.69) is 10.6 Å². The summed E-state index contributed by atoms with van der Waals surface area (Å²) in [5, 5.41) is 15.2. The van der Waals surface area contributed by atoms with E-state index in [9.17, 15) is 24.3 Å². The summed E-state index contributed by atoms with van der Waals surface area (Å²) in [6.45, 7) is 12.7. The molecular formula is C31H43N3O5. The summed E-state index contributed by atoms with van der Waals surface area (Å²) in [7, 11) is 0. The molecule has 8 nitrogen and oxygen atoms in total. The zero-order valence-electron chi connectivity index (χ0n) is 24.2. The van der Waals surface area contributed by atoms with E-state index in [-0.39, 0.29) is 36.6 Å². The fourth-order valence-electron chi connectivity index (χ4n) is 4.42. The number of ketones is 2. The van der Waals surface area contributed by atoms with Crippen LogP contribution in [0.4, 0.5) is 0 Å². The Kier molecular flexibility index (Phi) is 11.0. The number of aromatic hydroxyl groups is 1. The quantitative estimate of drug-likeness (QED) is 0.327. The lowest BCUT2D eigenvalue weighted by atomic mass is 9.84. The van der Waals surface area contributed by atoms with Gasteiger partial charge < -0.3 is 21.5 Å². The molecule has 0 fully saturated rings. The van der Waals surface area contributed by atoms with Gasteiger partial charge >= 0.3 is 0 Å². The van der Waals surface area contributed by atoms with E-state index in [1.165, 1.54) is 0 Å². The number of amides is 2. The summed E-state index contributed by atoms with van der Waals surface area (Å²) in [6, 6.07) is 8.62. The Balaban J connectivity index is 1.93. The highest BCUT2D eigenvalue weighted by Crippen LogP contribution is 2.22. The Hall–Kier alpha value is -3.52. The standard InChI is InChI=1S/C31H43N3O5/c1-18-8-10-22(11-9-18)16-26(29(38)31(5,6)7)34-28(37)13-12-27(36)21(4)33-30(39)25(32)17-24-19(2)14-23(35)15-20(24)3/h8-11,14-15,21,25-26,35H,12-13,16-17,32H2,1-7H3,(H,33,39)(H,34,37). The first kappa shape index (κ1) is 31.7. The lowest BCUT2D eigenvalue weighted by molar-refractivity contribution is -0.133. The highest BCUT2D eigenvalue weighted by Gasteiger charge is 2.31. The number of Topliss-reactive ketones (excluding diaryl/α,β-unsaturated/α-hetero) is 2. The topological polar surface area (TPSA) is 139 Å². The first-order valence-electron chi connectivity index (χ1n) is 13.4. The number of hydrogen-bond acceptors (Lipinski definition) is 6. The molecule has 0 saturated carbocycles. The van der Waals surface area contributed by atoms with Crippen LogP contribution >= 0.6 is 0 Å². The molecule has 3 atom stereocenters. The molecule has 2 amide bonds. The molecule has 2 aromatic rings. The molecule has 3 unspecified atom stereocenters. The number of carbonyl (C=O) groups is 4. The van der Waals surface area contributed by atoms with Gasteiger partial charge in [-0.25, -0.2) is 0 Å². The minimum atomic E-state index is -0.878. The van der Waals surface area contributed by atoms with Crippen molar-refractivity contribution in [2.45, 2.75) is 92.3 Å². The zero-order chi connectivity index (χ0) is 29.5. The first-order chi connectivity index (χ1) is 18.1. The molecule has 0 aliphatic carbocycles. The van der Waals surface area contributed by atoms with Crippen LogP contribution in [-0.2, 0) is 32.0 Å². The largest absolute Gasteiger partial charge is 0.508 e. The highest BCUT2D eigenvalue weighted by molar-refractivity contribution is 5.95. The Bertz CT molecular complexity index is 1170. The molecule has 0 aromatic heterocycles. The van der Waals surface area contributed by atoms with E-state index in [4.69, 9.17) is 5.73 Å². The monoisotopic (exact) mass is 537 g/mol. The number of rotatable bonds is 12. The lowest BCUT2D eigenvalue weighted by Crippen LogP contribution is -2.49. The maximum absolute atomic E-state index is 13.0. The van der Waals surface area contributed by atoms with Crippen molar-refractivity contribution in [2.75, 3.05) is 0 Å². The molecule has 2 aromatic carbocycles. The molecule has 0 heterocycles. The van der Waals surface area contributed by atoms with Gasteiger partial charge in [-0.2, -0.15) is 0 Å². The van der Waals surface area contributed by atoms with Gasteiger partial charge in [0.05, 0.1) is 18.1 Å². The average molecular weight is 538 g/mol. The zero-order valence-corrected chi connectivity index (χ0v) is 24.2. The molecule has 0 radical (unpaired) electrons. The molecule has 5 N–H and O–H groups in total. The molecule has 0 aliphatic rings. The minimum Gasteiger partial charge on any atom is -0.508 e. The fraction of sp³-hybridized carbons (Fsp3) is 0.484. The third-order valence-electron chi connectivity index (χ3n) is 6.83. The summed E-state index contributed by atoms with van der Waals surface area (Å²) < 4.78 is 0. The van der Waals surface area contributed by atoms with Gasteiger partial charge in [-0.15, -0.1) is 0 Å². The summed E-state index contributed by atoms with van der Waals surface area (Å²) in [6.07, 6.45) is 0.441. The van der Waals surface area contributed by atoms with Crippen LogP contribution in [0.1, 0.15) is 68.4 Å². The maximum Gasteiger partial charge on any atom is 0.237 e. The van der Waals surface area contributed by atoms with Crippen LogP contribution < -0.4 is 16.4 Å². The summed E-state index contributed by atoms with van der Waals surface area (Å²) in [4.78, 5) is 51.1. The smallest absolute Gasteiger partial charge is 0.237 e. The number of benzene rings is 2. The Morgan fingerprint density at radius 2 is 1.46 bits per heavy atom. The van der Waals surface area contributed by atoms with Crippen LogP contribution in [0.15, 0.2) is 36.4 Å². The van der Waals surface area contributed by atoms with Gasteiger partial charge in [-0.1, -0.05) is 50.6 Å². The molecular weight excluding hydrogens is 494 g/mol. The maximum atomic E-state index is 13.0. The van der Waals surface area contributed by atoms with Crippen molar-refractivity contribution in [3.05, 3.63) is 64.2 Å². The Morgan fingerprint density at radius 1 is 0.897 bits per heavy atom. The van der Waals surface area contributed by atoms with Gasteiger partial charge in [0.1, 0.15) is 5.75 Å². The van der Waals surface area contributed by atoms with E-state index >= 15 is 0 Å². The number of hydrogen-bond donors (Lipinski definition) is 4. The van der Waals surface area contributed by atoms with Crippen LogP contribution in [-0.4, -0.2) is 46.6 Å². The van der Waals surface area contributed by atoms with E-state index in [1.54, 1.807) is 19.1 Å². The van der Waals surface area contributed by atoms with Crippen molar-refractivity contribution in [3.8, 4) is 5.75 Å². The predicted octanol–water partition coefficient (Wildman–Crippen LogP) is 3.38. The van der Waals surface area contributed by atoms with Crippen molar-refractivity contribution in [1.29, 1.82) is 0 Å². The molecule has 212 valence electrons. The van der Waals surface area contributed by atoms with Crippen LogP contribution in [0.3, 0.4) is 0 Å². The van der Waals surface area contributed by atoms with Crippen molar-refractivity contribution in [1.82, 2.24) is 10.6 Å². The first-order valence-corrected chi connectivity index (χ1v) is 13.4. The molecule has 8 heteroatoms. The second kappa shape index (κ2) is 13.5. The van der Waals surface area contributed by atoms with Crippen LogP contribution in [0.5, 0.6) is 5.75 Å². The van der Waals surface area contributed by atoms with Crippen molar-refractivity contribution in [2.24, 2.45) is 11.1 Å². The van der Waals surface area contributed by atoms with Crippen LogP contribution in [0.2, 0.25) is 0 Å². The summed E-state index contributed by atoms with van der Waals surface area (Å²) in [5.41, 5.74) is 10.0. The molecule has 0 spiro atoms. The highest BCUT2D eigenvalue weighted by atomic mass is 16.3. The van der Waals surface area contributed by atoms with E-state index < -0.39 is 35.4 Å². The van der Waals surface area contributed by atoms with Crippen LogP contribution in [0, 0.1) is 26.2 Å². The second-order valence-corrected chi connectivity index (χ2v) is 11.5. The number of aryl methyl sites for hydroxylation is 3. The fourth-order valence-corrected chi connectivity index (χ4v) is 4.42. The van der Waals surface area contributed by atoms with Gasteiger partial charge in [-0.05, 0) is 74.9 Å². The third kappa shape index (κ3) is 9.62. The van der Waals surface area contributed by atoms with Crippen molar-refractivity contribution in [3.63, 3.8) is 0 Å². The number of nitrogens with two attached hydrogens (primary N) is 1. The number of nitrogens with one attached hydrogen (secondary N) is 2. The normalized spacial score (nSPS) is 13.7. The molecule has 2 rings (SSSR count). The van der Waals surface area contributed by atoms with E-state index in [0.29, 0.717) is 6.42 Å².